The van der Waals surface area contributed by atoms with E-state index >= 15 is 0 Å². The molecule has 0 aliphatic heterocycles. The molecule has 0 N–H and O–H groups in total. The smallest absolute Gasteiger partial charge is 0.306 e. The van der Waals surface area contributed by atoms with E-state index in [0.717, 1.165) is 35.7 Å². The number of carbonyl (C=O) groups excluding carboxylic acids is 1. The molecule has 0 unspecified atom stereocenters. The van der Waals surface area contributed by atoms with Crippen molar-refractivity contribution >= 4 is 23.4 Å². The van der Waals surface area contributed by atoms with E-state index in [1.807, 2.05) is 40.6 Å². The van der Waals surface area contributed by atoms with E-state index in [1.54, 1.807) is 0 Å². The molecular weight excluding hydrogens is 272 g/mol. The van der Waals surface area contributed by atoms with Gasteiger partial charge in [0.15, 0.2) is 0 Å². The van der Waals surface area contributed by atoms with Crippen molar-refractivity contribution < 1.29 is 9.53 Å². The molecule has 1 saturated carbocycles. The maximum atomic E-state index is 11.4. The molecular formula is C15H18N2O2S. The predicted molar refractivity (Wildman–Crippen MR) is 79.7 cm³/mol. The summed E-state index contributed by atoms with van der Waals surface area (Å²) in [7, 11) is 1.46. The number of rotatable bonds is 6. The highest BCUT2D eigenvalue weighted by Crippen LogP contribution is 2.51. The number of carbonyl (C=O) groups is 1. The number of pyridine rings is 1. The molecule has 5 heteroatoms. The highest BCUT2D eigenvalue weighted by Gasteiger charge is 2.44. The molecule has 4 nitrogen and oxygen atoms in total. The number of methoxy groups -OCH3 is 1. The lowest BCUT2D eigenvalue weighted by Gasteiger charge is -2.12. The molecule has 2 aromatic rings. The fraction of sp³-hybridized carbons (Fsp3) is 0.467. The third-order valence-corrected chi connectivity index (χ3v) is 5.09. The van der Waals surface area contributed by atoms with Crippen molar-refractivity contribution in [3.8, 4) is 0 Å². The van der Waals surface area contributed by atoms with Crippen molar-refractivity contribution in [3.63, 3.8) is 0 Å². The summed E-state index contributed by atoms with van der Waals surface area (Å²) in [6.45, 7) is 0. The number of aromatic nitrogens is 2. The molecule has 0 radical (unpaired) electrons. The van der Waals surface area contributed by atoms with Crippen LogP contribution in [0.5, 0.6) is 0 Å². The summed E-state index contributed by atoms with van der Waals surface area (Å²) in [5.41, 5.74) is 2.27. The van der Waals surface area contributed by atoms with Gasteiger partial charge in [-0.1, -0.05) is 6.07 Å². The molecule has 1 aliphatic rings. The second-order valence-corrected chi connectivity index (χ2v) is 6.43. The van der Waals surface area contributed by atoms with Crippen LogP contribution < -0.4 is 0 Å². The fourth-order valence-corrected chi connectivity index (χ4v) is 3.63. The minimum absolute atomic E-state index is 0.0872. The van der Waals surface area contributed by atoms with E-state index in [2.05, 4.69) is 11.2 Å². The highest BCUT2D eigenvalue weighted by molar-refractivity contribution is 7.98. The first-order chi connectivity index (χ1) is 9.71. The van der Waals surface area contributed by atoms with Gasteiger partial charge in [-0.15, -0.1) is 0 Å². The number of thioether (sulfide) groups is 1. The average molecular weight is 290 g/mol. The van der Waals surface area contributed by atoms with Gasteiger partial charge in [0.25, 0.3) is 0 Å². The quantitative estimate of drug-likeness (QED) is 0.767. The van der Waals surface area contributed by atoms with Gasteiger partial charge in [-0.05, 0) is 36.1 Å². The van der Waals surface area contributed by atoms with Gasteiger partial charge >= 0.3 is 5.97 Å². The molecule has 1 aliphatic carbocycles. The van der Waals surface area contributed by atoms with E-state index in [4.69, 9.17) is 4.74 Å². The monoisotopic (exact) mass is 290 g/mol. The van der Waals surface area contributed by atoms with Gasteiger partial charge in [-0.3, -0.25) is 4.79 Å². The first-order valence-electron chi connectivity index (χ1n) is 6.78. The summed E-state index contributed by atoms with van der Waals surface area (Å²) in [4.78, 5) is 16.0. The lowest BCUT2D eigenvalue weighted by molar-refractivity contribution is -0.141. The van der Waals surface area contributed by atoms with Crippen LogP contribution >= 0.6 is 11.8 Å². The molecule has 1 fully saturated rings. The predicted octanol–water partition coefficient (Wildman–Crippen LogP) is 2.91. The zero-order chi connectivity index (χ0) is 14.0. The maximum Gasteiger partial charge on any atom is 0.306 e. The van der Waals surface area contributed by atoms with Gasteiger partial charge in [0.1, 0.15) is 5.65 Å². The second-order valence-electron chi connectivity index (χ2n) is 5.44. The standard InChI is InChI=1S/C15H18N2O2S/c1-19-14(18)8-15(5-6-15)11-20-10-12-9-17-7-3-2-4-13(17)16-12/h2-4,7,9H,5-6,8,10-11H2,1H3. The zero-order valence-electron chi connectivity index (χ0n) is 11.5. The van der Waals surface area contributed by atoms with Crippen LogP contribution in [-0.4, -0.2) is 28.2 Å². The number of ether oxygens (including phenoxy) is 1. The summed E-state index contributed by atoms with van der Waals surface area (Å²) in [6, 6.07) is 6.00. The molecule has 2 aromatic heterocycles. The van der Waals surface area contributed by atoms with Gasteiger partial charge in [0, 0.05) is 18.1 Å². The number of imidazole rings is 1. The van der Waals surface area contributed by atoms with Crippen molar-refractivity contribution in [1.29, 1.82) is 0 Å². The Morgan fingerprint density at radius 3 is 3.05 bits per heavy atom. The summed E-state index contributed by atoms with van der Waals surface area (Å²) in [6.07, 6.45) is 6.92. The Balaban J connectivity index is 1.53. The summed E-state index contributed by atoms with van der Waals surface area (Å²) in [5.74, 6) is 1.82. The van der Waals surface area contributed by atoms with Crippen molar-refractivity contribution in [1.82, 2.24) is 9.38 Å². The van der Waals surface area contributed by atoms with Gasteiger partial charge in [-0.2, -0.15) is 11.8 Å². The number of hydrogen-bond donors (Lipinski definition) is 0. The number of esters is 1. The molecule has 0 saturated heterocycles. The number of hydrogen-bond acceptors (Lipinski definition) is 4. The Morgan fingerprint density at radius 2 is 2.35 bits per heavy atom. The van der Waals surface area contributed by atoms with E-state index in [1.165, 1.54) is 7.11 Å². The topological polar surface area (TPSA) is 43.6 Å². The van der Waals surface area contributed by atoms with E-state index in [-0.39, 0.29) is 11.4 Å². The first kappa shape index (κ1) is 13.5. The Hall–Kier alpha value is -1.49. The van der Waals surface area contributed by atoms with Crippen molar-refractivity contribution in [2.45, 2.75) is 25.0 Å². The Labute approximate surface area is 122 Å². The van der Waals surface area contributed by atoms with Crippen LogP contribution in [0.3, 0.4) is 0 Å². The molecule has 0 aromatic carbocycles. The molecule has 106 valence electrons. The zero-order valence-corrected chi connectivity index (χ0v) is 12.4. The van der Waals surface area contributed by atoms with Crippen molar-refractivity contribution in [2.75, 3.05) is 12.9 Å². The van der Waals surface area contributed by atoms with Crippen LogP contribution in [0.25, 0.3) is 5.65 Å². The maximum absolute atomic E-state index is 11.4. The van der Waals surface area contributed by atoms with Crippen LogP contribution in [0.1, 0.15) is 25.0 Å². The van der Waals surface area contributed by atoms with Crippen LogP contribution in [0.15, 0.2) is 30.6 Å². The lowest BCUT2D eigenvalue weighted by Crippen LogP contribution is -2.13. The van der Waals surface area contributed by atoms with Gasteiger partial charge in [-0.25, -0.2) is 4.98 Å². The van der Waals surface area contributed by atoms with Crippen LogP contribution in [0.4, 0.5) is 0 Å². The van der Waals surface area contributed by atoms with E-state index in [9.17, 15) is 4.79 Å². The SMILES string of the molecule is COC(=O)CC1(CSCc2cn3ccccc3n2)CC1. The first-order valence-corrected chi connectivity index (χ1v) is 7.93. The summed E-state index contributed by atoms with van der Waals surface area (Å²) >= 11 is 1.86. The van der Waals surface area contributed by atoms with E-state index in [0.29, 0.717) is 6.42 Å². The number of fused-ring (bicyclic) bond motifs is 1. The second kappa shape index (κ2) is 5.48. The molecule has 0 amide bonds. The molecule has 2 heterocycles. The average Bonchev–Trinajstić information content (AvgIpc) is 3.07. The Kier molecular flexibility index (Phi) is 3.70. The Bertz CT molecular complexity index is 586. The summed E-state index contributed by atoms with van der Waals surface area (Å²) in [5, 5.41) is 0. The normalized spacial score (nSPS) is 16.2. The molecule has 0 spiro atoms. The van der Waals surface area contributed by atoms with E-state index < -0.39 is 0 Å². The highest BCUT2D eigenvalue weighted by atomic mass is 32.2. The van der Waals surface area contributed by atoms with Crippen molar-refractivity contribution in [3.05, 3.63) is 36.3 Å². The van der Waals surface area contributed by atoms with Crippen molar-refractivity contribution in [2.24, 2.45) is 5.41 Å². The fourth-order valence-electron chi connectivity index (χ4n) is 2.36. The van der Waals surface area contributed by atoms with Gasteiger partial charge in [0.05, 0.1) is 19.2 Å². The summed E-state index contributed by atoms with van der Waals surface area (Å²) < 4.78 is 6.81. The van der Waals surface area contributed by atoms with Crippen LogP contribution in [-0.2, 0) is 15.3 Å². The van der Waals surface area contributed by atoms with Gasteiger partial charge in [0.2, 0.25) is 0 Å². The largest absolute Gasteiger partial charge is 0.469 e. The molecule has 0 bridgehead atoms. The van der Waals surface area contributed by atoms with Crippen LogP contribution in [0.2, 0.25) is 0 Å². The molecule has 3 rings (SSSR count). The minimum Gasteiger partial charge on any atom is -0.469 e. The molecule has 20 heavy (non-hydrogen) atoms. The molecule has 0 atom stereocenters. The lowest BCUT2D eigenvalue weighted by atomic mass is 10.1. The van der Waals surface area contributed by atoms with Gasteiger partial charge < -0.3 is 9.14 Å². The van der Waals surface area contributed by atoms with Crippen LogP contribution in [0, 0.1) is 5.41 Å². The number of nitrogens with zero attached hydrogens (tertiary/aromatic N) is 2. The Morgan fingerprint density at radius 1 is 1.50 bits per heavy atom. The minimum atomic E-state index is -0.0872. The third-order valence-electron chi connectivity index (χ3n) is 3.78. The third kappa shape index (κ3) is 2.98.